The molecule has 0 unspecified atom stereocenters. The van der Waals surface area contributed by atoms with Crippen LogP contribution in [0.1, 0.15) is 12.5 Å². The van der Waals surface area contributed by atoms with Crippen molar-refractivity contribution in [1.29, 1.82) is 0 Å². The van der Waals surface area contributed by atoms with Crippen LogP contribution < -0.4 is 5.32 Å². The number of nitrogens with one attached hydrogen (secondary N) is 1. The lowest BCUT2D eigenvalue weighted by Crippen LogP contribution is -2.09. The fraction of sp³-hybridized carbons (Fsp3) is 0.167. The topological polar surface area (TPSA) is 42.0 Å². The first-order valence-electron chi connectivity index (χ1n) is 4.92. The van der Waals surface area contributed by atoms with Gasteiger partial charge in [0.05, 0.1) is 0 Å². The summed E-state index contributed by atoms with van der Waals surface area (Å²) < 4.78 is 0.748. The van der Waals surface area contributed by atoms with Crippen LogP contribution in [-0.4, -0.2) is 10.9 Å². The Morgan fingerprint density at radius 3 is 2.56 bits per heavy atom. The Morgan fingerprint density at radius 1 is 1.31 bits per heavy atom. The summed E-state index contributed by atoms with van der Waals surface area (Å²) in [6, 6.07) is 7.95. The summed E-state index contributed by atoms with van der Waals surface area (Å²) in [6.45, 7) is 3.43. The van der Waals surface area contributed by atoms with Crippen molar-refractivity contribution in [3.05, 3.63) is 34.4 Å². The van der Waals surface area contributed by atoms with Crippen LogP contribution in [0, 0.1) is 6.92 Å². The molecule has 1 heterocycles. The van der Waals surface area contributed by atoms with Crippen LogP contribution >= 0.6 is 15.9 Å². The number of carbonyl (C=O) groups is 1. The van der Waals surface area contributed by atoms with E-state index in [1.165, 1.54) is 6.92 Å². The maximum Gasteiger partial charge on any atom is 0.222 e. The van der Waals surface area contributed by atoms with Gasteiger partial charge in [0.1, 0.15) is 10.4 Å². The molecule has 0 saturated heterocycles. The van der Waals surface area contributed by atoms with E-state index in [1.807, 2.05) is 31.2 Å². The molecule has 0 aliphatic carbocycles. The van der Waals surface area contributed by atoms with E-state index < -0.39 is 0 Å². The zero-order chi connectivity index (χ0) is 11.7. The quantitative estimate of drug-likeness (QED) is 0.814. The number of hydrogen-bond acceptors (Lipinski definition) is 2. The van der Waals surface area contributed by atoms with Gasteiger partial charge < -0.3 is 5.32 Å². The van der Waals surface area contributed by atoms with Crippen LogP contribution in [0.2, 0.25) is 0 Å². The van der Waals surface area contributed by atoms with Gasteiger partial charge in [-0.25, -0.2) is 4.98 Å². The van der Waals surface area contributed by atoms with E-state index in [-0.39, 0.29) is 5.91 Å². The molecule has 0 radical (unpaired) electrons. The molecule has 2 aromatic rings. The number of amides is 1. The van der Waals surface area contributed by atoms with Gasteiger partial charge in [-0.2, -0.15) is 0 Å². The number of carbonyl (C=O) groups excluding carboxylic acids is 1. The highest BCUT2D eigenvalue weighted by atomic mass is 79.9. The van der Waals surface area contributed by atoms with Crippen molar-refractivity contribution in [2.24, 2.45) is 0 Å². The van der Waals surface area contributed by atoms with Crippen LogP contribution in [0.25, 0.3) is 10.8 Å². The molecule has 16 heavy (non-hydrogen) atoms. The number of pyridine rings is 1. The second-order valence-corrected chi connectivity index (χ2v) is 4.35. The zero-order valence-electron chi connectivity index (χ0n) is 9.04. The Morgan fingerprint density at radius 2 is 1.94 bits per heavy atom. The molecule has 1 amide bonds. The van der Waals surface area contributed by atoms with Crippen LogP contribution in [-0.2, 0) is 4.79 Å². The predicted octanol–water partition coefficient (Wildman–Crippen LogP) is 3.26. The minimum Gasteiger partial charge on any atom is -0.311 e. The maximum absolute atomic E-state index is 11.0. The highest BCUT2D eigenvalue weighted by Gasteiger charge is 2.09. The van der Waals surface area contributed by atoms with E-state index in [2.05, 4.69) is 26.2 Å². The third-order valence-corrected chi connectivity index (χ3v) is 3.02. The van der Waals surface area contributed by atoms with Gasteiger partial charge in [-0.05, 0) is 33.8 Å². The molecule has 0 saturated carbocycles. The number of aryl methyl sites for hydroxylation is 1. The SMILES string of the molecule is CC(=O)Nc1nc(Br)c2ccccc2c1C. The number of rotatable bonds is 1. The molecule has 1 aromatic heterocycles. The molecule has 82 valence electrons. The molecule has 0 aliphatic heterocycles. The molecule has 0 fully saturated rings. The van der Waals surface area contributed by atoms with Gasteiger partial charge in [-0.15, -0.1) is 0 Å². The number of nitrogens with zero attached hydrogens (tertiary/aromatic N) is 1. The van der Waals surface area contributed by atoms with Crippen LogP contribution in [0.4, 0.5) is 5.82 Å². The number of fused-ring (bicyclic) bond motifs is 1. The monoisotopic (exact) mass is 278 g/mol. The average molecular weight is 279 g/mol. The van der Waals surface area contributed by atoms with E-state index in [0.29, 0.717) is 5.82 Å². The van der Waals surface area contributed by atoms with E-state index >= 15 is 0 Å². The van der Waals surface area contributed by atoms with Crippen LogP contribution in [0.15, 0.2) is 28.9 Å². The number of anilines is 1. The Hall–Kier alpha value is -1.42. The lowest BCUT2D eigenvalue weighted by Gasteiger charge is -2.10. The Balaban J connectivity index is 2.70. The molecule has 1 N–H and O–H groups in total. The minimum absolute atomic E-state index is 0.113. The summed E-state index contributed by atoms with van der Waals surface area (Å²) in [7, 11) is 0. The lowest BCUT2D eigenvalue weighted by atomic mass is 10.1. The molecule has 2 rings (SSSR count). The highest BCUT2D eigenvalue weighted by Crippen LogP contribution is 2.29. The molecule has 3 nitrogen and oxygen atoms in total. The van der Waals surface area contributed by atoms with Crippen LogP contribution in [0.5, 0.6) is 0 Å². The fourth-order valence-corrected chi connectivity index (χ4v) is 2.17. The molecule has 1 aromatic carbocycles. The van der Waals surface area contributed by atoms with Gasteiger partial charge in [-0.3, -0.25) is 4.79 Å². The number of hydrogen-bond donors (Lipinski definition) is 1. The summed E-state index contributed by atoms with van der Waals surface area (Å²) >= 11 is 3.41. The standard InChI is InChI=1S/C12H11BrN2O/c1-7-9-5-3-4-6-10(9)11(13)15-12(7)14-8(2)16/h3-6H,1-2H3,(H,14,15,16). The number of halogens is 1. The largest absolute Gasteiger partial charge is 0.311 e. The van der Waals surface area contributed by atoms with Crippen molar-refractivity contribution in [1.82, 2.24) is 4.98 Å². The van der Waals surface area contributed by atoms with Crippen molar-refractivity contribution >= 4 is 38.4 Å². The Kier molecular flexibility index (Phi) is 2.92. The maximum atomic E-state index is 11.0. The summed E-state index contributed by atoms with van der Waals surface area (Å²) in [5.74, 6) is 0.496. The second-order valence-electron chi connectivity index (χ2n) is 3.60. The summed E-state index contributed by atoms with van der Waals surface area (Å²) in [4.78, 5) is 15.4. The Bertz CT molecular complexity index is 566. The fourth-order valence-electron chi connectivity index (χ4n) is 1.65. The Labute approximate surface area is 102 Å². The van der Waals surface area contributed by atoms with Crippen molar-refractivity contribution in [3.8, 4) is 0 Å². The van der Waals surface area contributed by atoms with Crippen molar-refractivity contribution < 1.29 is 4.79 Å². The van der Waals surface area contributed by atoms with Gasteiger partial charge in [-0.1, -0.05) is 24.3 Å². The molecular weight excluding hydrogens is 268 g/mol. The van der Waals surface area contributed by atoms with Crippen molar-refractivity contribution in [2.75, 3.05) is 5.32 Å². The summed E-state index contributed by atoms with van der Waals surface area (Å²) in [5, 5.41) is 4.87. The van der Waals surface area contributed by atoms with Crippen molar-refractivity contribution in [3.63, 3.8) is 0 Å². The normalized spacial score (nSPS) is 10.4. The first-order valence-corrected chi connectivity index (χ1v) is 5.71. The predicted molar refractivity (Wildman–Crippen MR) is 68.5 cm³/mol. The molecule has 0 bridgehead atoms. The van der Waals surface area contributed by atoms with Gasteiger partial charge >= 0.3 is 0 Å². The average Bonchev–Trinajstić information content (AvgIpc) is 2.25. The molecule has 4 heteroatoms. The smallest absolute Gasteiger partial charge is 0.222 e. The van der Waals surface area contributed by atoms with Gasteiger partial charge in [0.25, 0.3) is 0 Å². The van der Waals surface area contributed by atoms with Crippen molar-refractivity contribution in [2.45, 2.75) is 13.8 Å². The lowest BCUT2D eigenvalue weighted by molar-refractivity contribution is -0.114. The molecule has 0 atom stereocenters. The molecular formula is C12H11BrN2O. The van der Waals surface area contributed by atoms with Gasteiger partial charge in [0.2, 0.25) is 5.91 Å². The van der Waals surface area contributed by atoms with Gasteiger partial charge in [0.15, 0.2) is 0 Å². The molecule has 0 aliphatic rings. The van der Waals surface area contributed by atoms with E-state index in [9.17, 15) is 4.79 Å². The second kappa shape index (κ2) is 4.22. The number of benzene rings is 1. The zero-order valence-corrected chi connectivity index (χ0v) is 10.6. The first kappa shape index (κ1) is 11.1. The van der Waals surface area contributed by atoms with E-state index in [1.54, 1.807) is 0 Å². The van der Waals surface area contributed by atoms with E-state index in [4.69, 9.17) is 0 Å². The first-order chi connectivity index (χ1) is 7.59. The summed E-state index contributed by atoms with van der Waals surface area (Å²) in [6.07, 6.45) is 0. The molecule has 0 spiro atoms. The minimum atomic E-state index is -0.113. The highest BCUT2D eigenvalue weighted by molar-refractivity contribution is 9.10. The third kappa shape index (κ3) is 1.93. The summed E-state index contributed by atoms with van der Waals surface area (Å²) in [5.41, 5.74) is 0.981. The number of aromatic nitrogens is 1. The van der Waals surface area contributed by atoms with Crippen LogP contribution in [0.3, 0.4) is 0 Å². The third-order valence-electron chi connectivity index (χ3n) is 2.41. The van der Waals surface area contributed by atoms with E-state index in [0.717, 1.165) is 20.9 Å². The van der Waals surface area contributed by atoms with Gasteiger partial charge in [0, 0.05) is 12.3 Å².